The Morgan fingerprint density at radius 3 is 2.74 bits per heavy atom. The summed E-state index contributed by atoms with van der Waals surface area (Å²) in [6, 6.07) is 5.81. The molecule has 2 N–H and O–H groups in total. The Morgan fingerprint density at radius 1 is 1.42 bits per heavy atom. The van der Waals surface area contributed by atoms with Gasteiger partial charge in [0.25, 0.3) is 0 Å². The summed E-state index contributed by atoms with van der Waals surface area (Å²) in [7, 11) is 3.76. The van der Waals surface area contributed by atoms with Crippen LogP contribution >= 0.6 is 0 Å². The number of aromatic nitrogens is 1. The molecule has 1 heterocycles. The molecule has 0 aliphatic heterocycles. The van der Waals surface area contributed by atoms with Crippen molar-refractivity contribution in [1.82, 2.24) is 9.47 Å². The lowest BCUT2D eigenvalue weighted by molar-refractivity contribution is 0.156. The van der Waals surface area contributed by atoms with E-state index in [0.29, 0.717) is 12.1 Å². The van der Waals surface area contributed by atoms with Crippen molar-refractivity contribution in [3.8, 4) is 0 Å². The van der Waals surface area contributed by atoms with Crippen LogP contribution in [0.4, 0.5) is 0 Å². The van der Waals surface area contributed by atoms with Gasteiger partial charge in [0.1, 0.15) is 0 Å². The second-order valence-electron chi connectivity index (χ2n) is 5.60. The summed E-state index contributed by atoms with van der Waals surface area (Å²) in [5.41, 5.74) is 8.29. The average molecular weight is 263 g/mol. The summed E-state index contributed by atoms with van der Waals surface area (Å²) in [6.45, 7) is 5.59. The van der Waals surface area contributed by atoms with Crippen LogP contribution < -0.4 is 11.5 Å². The number of likely N-dealkylation sites (N-methyl/N-ethyl adjacent to an activating group) is 1. The van der Waals surface area contributed by atoms with Crippen LogP contribution in [0.2, 0.25) is 0 Å². The Hall–Kier alpha value is -1.59. The van der Waals surface area contributed by atoms with Crippen LogP contribution in [0, 0.1) is 0 Å². The molecule has 0 saturated heterocycles. The highest BCUT2D eigenvalue weighted by Crippen LogP contribution is 2.18. The Bertz CT molecular complexity index is 640. The summed E-state index contributed by atoms with van der Waals surface area (Å²) in [4.78, 5) is 13.6. The number of hydrogen-bond acceptors (Lipinski definition) is 4. The SMILES string of the molecule is CN(Cc1ccc2oc(=O)n(C)c2c1)C(C)(C)CN. The molecule has 2 rings (SSSR count). The largest absolute Gasteiger partial charge is 0.419 e. The number of nitrogens with zero attached hydrogens (tertiary/aromatic N) is 2. The third-order valence-corrected chi connectivity index (χ3v) is 3.81. The molecule has 5 nitrogen and oxygen atoms in total. The van der Waals surface area contributed by atoms with E-state index in [4.69, 9.17) is 10.2 Å². The van der Waals surface area contributed by atoms with Crippen LogP contribution in [0.3, 0.4) is 0 Å². The predicted octanol–water partition coefficient (Wildman–Crippen LogP) is 1.30. The van der Waals surface area contributed by atoms with Gasteiger partial charge in [-0.1, -0.05) is 6.07 Å². The molecule has 0 bridgehead atoms. The molecule has 0 atom stereocenters. The van der Waals surface area contributed by atoms with Gasteiger partial charge in [-0.2, -0.15) is 0 Å². The van der Waals surface area contributed by atoms with Gasteiger partial charge >= 0.3 is 5.76 Å². The minimum Gasteiger partial charge on any atom is -0.408 e. The lowest BCUT2D eigenvalue weighted by Crippen LogP contribution is -2.46. The minimum atomic E-state index is -0.331. The van der Waals surface area contributed by atoms with Gasteiger partial charge in [0.2, 0.25) is 0 Å². The van der Waals surface area contributed by atoms with Crippen molar-refractivity contribution in [1.29, 1.82) is 0 Å². The summed E-state index contributed by atoms with van der Waals surface area (Å²) in [5.74, 6) is -0.331. The molecule has 0 radical (unpaired) electrons. The number of oxazole rings is 1. The van der Waals surface area contributed by atoms with E-state index >= 15 is 0 Å². The smallest absolute Gasteiger partial charge is 0.408 e. The Morgan fingerprint density at radius 2 is 2.11 bits per heavy atom. The number of hydrogen-bond donors (Lipinski definition) is 1. The summed E-state index contributed by atoms with van der Waals surface area (Å²) < 4.78 is 6.64. The quantitative estimate of drug-likeness (QED) is 0.903. The number of rotatable bonds is 4. The van der Waals surface area contributed by atoms with Gasteiger partial charge in [-0.15, -0.1) is 0 Å². The first-order chi connectivity index (χ1) is 8.85. The fourth-order valence-corrected chi connectivity index (χ4v) is 1.91. The third kappa shape index (κ3) is 2.57. The second kappa shape index (κ2) is 4.83. The van der Waals surface area contributed by atoms with E-state index in [1.807, 2.05) is 25.2 Å². The van der Waals surface area contributed by atoms with Gasteiger partial charge in [-0.05, 0) is 38.6 Å². The minimum absolute atomic E-state index is 0.0583. The fourth-order valence-electron chi connectivity index (χ4n) is 1.91. The Balaban J connectivity index is 2.32. The van der Waals surface area contributed by atoms with Crippen molar-refractivity contribution in [2.75, 3.05) is 13.6 Å². The summed E-state index contributed by atoms with van der Waals surface area (Å²) in [5, 5.41) is 0. The molecule has 0 spiro atoms. The first kappa shape index (κ1) is 13.8. The molecule has 0 aliphatic carbocycles. The normalized spacial score (nSPS) is 12.5. The first-order valence-electron chi connectivity index (χ1n) is 6.35. The highest BCUT2D eigenvalue weighted by molar-refractivity contribution is 5.73. The van der Waals surface area contributed by atoms with Gasteiger partial charge in [-0.3, -0.25) is 9.47 Å². The molecule has 0 unspecified atom stereocenters. The van der Waals surface area contributed by atoms with E-state index in [-0.39, 0.29) is 11.3 Å². The molecule has 0 aliphatic rings. The maximum absolute atomic E-state index is 11.4. The molecule has 0 saturated carbocycles. The topological polar surface area (TPSA) is 64.4 Å². The first-order valence-corrected chi connectivity index (χ1v) is 6.35. The van der Waals surface area contributed by atoms with E-state index in [2.05, 4.69) is 18.7 Å². The zero-order chi connectivity index (χ0) is 14.2. The third-order valence-electron chi connectivity index (χ3n) is 3.81. The van der Waals surface area contributed by atoms with Crippen molar-refractivity contribution < 1.29 is 4.42 Å². The van der Waals surface area contributed by atoms with Crippen molar-refractivity contribution in [3.05, 3.63) is 34.3 Å². The lowest BCUT2D eigenvalue weighted by atomic mass is 10.0. The maximum atomic E-state index is 11.4. The summed E-state index contributed by atoms with van der Waals surface area (Å²) >= 11 is 0. The molecule has 19 heavy (non-hydrogen) atoms. The van der Waals surface area contributed by atoms with E-state index in [9.17, 15) is 4.79 Å². The lowest BCUT2D eigenvalue weighted by Gasteiger charge is -2.34. The van der Waals surface area contributed by atoms with Crippen molar-refractivity contribution in [3.63, 3.8) is 0 Å². The van der Waals surface area contributed by atoms with Gasteiger partial charge in [0.05, 0.1) is 5.52 Å². The van der Waals surface area contributed by atoms with E-state index in [1.54, 1.807) is 7.05 Å². The molecule has 5 heteroatoms. The highest BCUT2D eigenvalue weighted by atomic mass is 16.4. The molecule has 2 aromatic rings. The molecule has 0 amide bonds. The van der Waals surface area contributed by atoms with Gasteiger partial charge in [0.15, 0.2) is 5.58 Å². The van der Waals surface area contributed by atoms with Crippen LogP contribution in [0.1, 0.15) is 19.4 Å². The molecule has 1 aromatic heterocycles. The van der Waals surface area contributed by atoms with Crippen molar-refractivity contribution >= 4 is 11.1 Å². The van der Waals surface area contributed by atoms with Gasteiger partial charge < -0.3 is 10.2 Å². The maximum Gasteiger partial charge on any atom is 0.419 e. The van der Waals surface area contributed by atoms with E-state index in [0.717, 1.165) is 17.6 Å². The van der Waals surface area contributed by atoms with Crippen LogP contribution in [0.5, 0.6) is 0 Å². The molecule has 104 valence electrons. The standard InChI is InChI=1S/C14H21N3O2/c1-14(2,9-15)16(3)8-10-5-6-12-11(7-10)17(4)13(18)19-12/h5-7H,8-9,15H2,1-4H3. The Labute approximate surface area is 112 Å². The van der Waals surface area contributed by atoms with Crippen LogP contribution in [0.25, 0.3) is 11.1 Å². The number of fused-ring (bicyclic) bond motifs is 1. The monoisotopic (exact) mass is 263 g/mol. The van der Waals surface area contributed by atoms with Crippen LogP contribution in [0.15, 0.2) is 27.4 Å². The predicted molar refractivity (Wildman–Crippen MR) is 76.1 cm³/mol. The molecular formula is C14H21N3O2. The van der Waals surface area contributed by atoms with Gasteiger partial charge in [0, 0.05) is 25.7 Å². The highest BCUT2D eigenvalue weighted by Gasteiger charge is 2.21. The van der Waals surface area contributed by atoms with Crippen molar-refractivity contribution in [2.45, 2.75) is 25.9 Å². The van der Waals surface area contributed by atoms with Crippen LogP contribution in [-0.4, -0.2) is 28.6 Å². The molecule has 0 fully saturated rings. The second-order valence-corrected chi connectivity index (χ2v) is 5.60. The molecule has 1 aromatic carbocycles. The average Bonchev–Trinajstić information content (AvgIpc) is 2.65. The fraction of sp³-hybridized carbons (Fsp3) is 0.500. The molecular weight excluding hydrogens is 242 g/mol. The summed E-state index contributed by atoms with van der Waals surface area (Å²) in [6.07, 6.45) is 0. The number of nitrogens with two attached hydrogens (primary N) is 1. The number of aryl methyl sites for hydroxylation is 1. The Kier molecular flexibility index (Phi) is 3.52. The zero-order valence-electron chi connectivity index (χ0n) is 11.9. The number of benzene rings is 1. The van der Waals surface area contributed by atoms with Crippen molar-refractivity contribution in [2.24, 2.45) is 12.8 Å². The van der Waals surface area contributed by atoms with E-state index < -0.39 is 0 Å². The zero-order valence-corrected chi connectivity index (χ0v) is 11.9. The van der Waals surface area contributed by atoms with E-state index in [1.165, 1.54) is 4.57 Å². The van der Waals surface area contributed by atoms with Crippen LogP contribution in [-0.2, 0) is 13.6 Å². The van der Waals surface area contributed by atoms with Gasteiger partial charge in [-0.25, -0.2) is 4.79 Å².